The third-order valence-corrected chi connectivity index (χ3v) is 2.46. The van der Waals surface area contributed by atoms with Gasteiger partial charge in [0.1, 0.15) is 11.9 Å². The Morgan fingerprint density at radius 2 is 2.00 bits per heavy atom. The van der Waals surface area contributed by atoms with E-state index in [1.807, 2.05) is 0 Å². The van der Waals surface area contributed by atoms with E-state index in [0.717, 1.165) is 12.1 Å². The molecule has 1 fully saturated rings. The van der Waals surface area contributed by atoms with Crippen LogP contribution in [0.25, 0.3) is 0 Å². The van der Waals surface area contributed by atoms with Crippen molar-refractivity contribution in [3.63, 3.8) is 0 Å². The van der Waals surface area contributed by atoms with Gasteiger partial charge in [-0.05, 0) is 18.2 Å². The SMILES string of the molecule is FC(F)(F)c1ccc(OC2COC2)c(Cl)c1. The minimum atomic E-state index is -4.39. The largest absolute Gasteiger partial charge is 0.484 e. The second kappa shape index (κ2) is 4.14. The molecule has 0 bridgehead atoms. The molecule has 6 heteroatoms. The molecule has 0 aliphatic carbocycles. The Labute approximate surface area is 94.9 Å². The van der Waals surface area contributed by atoms with Gasteiger partial charge in [0.15, 0.2) is 0 Å². The van der Waals surface area contributed by atoms with Crippen LogP contribution in [-0.2, 0) is 10.9 Å². The number of benzene rings is 1. The van der Waals surface area contributed by atoms with E-state index in [4.69, 9.17) is 21.1 Å². The van der Waals surface area contributed by atoms with Crippen molar-refractivity contribution in [2.75, 3.05) is 13.2 Å². The first kappa shape index (κ1) is 11.5. The molecule has 0 atom stereocenters. The van der Waals surface area contributed by atoms with Crippen LogP contribution >= 0.6 is 11.6 Å². The number of rotatable bonds is 2. The van der Waals surface area contributed by atoms with Crippen molar-refractivity contribution in [1.29, 1.82) is 0 Å². The smallest absolute Gasteiger partial charge is 0.416 e. The average molecular weight is 253 g/mol. The van der Waals surface area contributed by atoms with Gasteiger partial charge in [-0.25, -0.2) is 0 Å². The molecule has 88 valence electrons. The summed E-state index contributed by atoms with van der Waals surface area (Å²) in [5.74, 6) is 0.253. The lowest BCUT2D eigenvalue weighted by molar-refractivity contribution is -0.137. The second-order valence-electron chi connectivity index (χ2n) is 3.42. The lowest BCUT2D eigenvalue weighted by Gasteiger charge is -2.27. The highest BCUT2D eigenvalue weighted by molar-refractivity contribution is 6.32. The third kappa shape index (κ3) is 2.41. The maximum atomic E-state index is 12.3. The first-order valence-electron chi connectivity index (χ1n) is 4.58. The van der Waals surface area contributed by atoms with Crippen molar-refractivity contribution in [2.24, 2.45) is 0 Å². The Morgan fingerprint density at radius 3 is 2.44 bits per heavy atom. The van der Waals surface area contributed by atoms with Crippen molar-refractivity contribution >= 4 is 11.6 Å². The van der Waals surface area contributed by atoms with E-state index in [1.165, 1.54) is 6.07 Å². The van der Waals surface area contributed by atoms with Gasteiger partial charge < -0.3 is 9.47 Å². The number of hydrogen-bond donors (Lipinski definition) is 0. The van der Waals surface area contributed by atoms with E-state index in [9.17, 15) is 13.2 Å². The van der Waals surface area contributed by atoms with Gasteiger partial charge in [-0.2, -0.15) is 13.2 Å². The summed E-state index contributed by atoms with van der Waals surface area (Å²) < 4.78 is 47.2. The third-order valence-electron chi connectivity index (χ3n) is 2.16. The van der Waals surface area contributed by atoms with Crippen LogP contribution in [0.3, 0.4) is 0 Å². The zero-order valence-electron chi connectivity index (χ0n) is 8.05. The van der Waals surface area contributed by atoms with Gasteiger partial charge >= 0.3 is 6.18 Å². The maximum Gasteiger partial charge on any atom is 0.416 e. The van der Waals surface area contributed by atoms with E-state index >= 15 is 0 Å². The Morgan fingerprint density at radius 1 is 1.31 bits per heavy atom. The zero-order chi connectivity index (χ0) is 11.8. The topological polar surface area (TPSA) is 18.5 Å². The first-order chi connectivity index (χ1) is 7.47. The summed E-state index contributed by atoms with van der Waals surface area (Å²) in [6.07, 6.45) is -4.50. The van der Waals surface area contributed by atoms with Gasteiger partial charge in [0.2, 0.25) is 0 Å². The maximum absolute atomic E-state index is 12.3. The van der Waals surface area contributed by atoms with Crippen molar-refractivity contribution in [2.45, 2.75) is 12.3 Å². The second-order valence-corrected chi connectivity index (χ2v) is 3.83. The number of halogens is 4. The van der Waals surface area contributed by atoms with E-state index < -0.39 is 11.7 Å². The van der Waals surface area contributed by atoms with E-state index in [0.29, 0.717) is 13.2 Å². The molecule has 0 spiro atoms. The molecular formula is C10H8ClF3O2. The lowest BCUT2D eigenvalue weighted by atomic mass is 10.2. The van der Waals surface area contributed by atoms with Gasteiger partial charge in [0.05, 0.1) is 23.8 Å². The molecule has 1 aromatic rings. The molecule has 1 aliphatic rings. The Balaban J connectivity index is 2.15. The summed E-state index contributed by atoms with van der Waals surface area (Å²) >= 11 is 5.69. The quantitative estimate of drug-likeness (QED) is 0.805. The zero-order valence-corrected chi connectivity index (χ0v) is 8.81. The van der Waals surface area contributed by atoms with Crippen LogP contribution in [0, 0.1) is 0 Å². The van der Waals surface area contributed by atoms with Crippen LogP contribution in [0.5, 0.6) is 5.75 Å². The highest BCUT2D eigenvalue weighted by Crippen LogP contribution is 2.35. The molecule has 0 N–H and O–H groups in total. The van der Waals surface area contributed by atoms with Gasteiger partial charge in [-0.15, -0.1) is 0 Å². The van der Waals surface area contributed by atoms with Gasteiger partial charge in [-0.3, -0.25) is 0 Å². The van der Waals surface area contributed by atoms with Gasteiger partial charge in [-0.1, -0.05) is 11.6 Å². The Bertz CT molecular complexity index is 388. The fourth-order valence-electron chi connectivity index (χ4n) is 1.23. The average Bonchev–Trinajstić information content (AvgIpc) is 2.11. The fourth-order valence-corrected chi connectivity index (χ4v) is 1.46. The first-order valence-corrected chi connectivity index (χ1v) is 4.96. The summed E-state index contributed by atoms with van der Waals surface area (Å²) in [5.41, 5.74) is -0.783. The van der Waals surface area contributed by atoms with Crippen LogP contribution in [0.2, 0.25) is 5.02 Å². The molecule has 1 aliphatic heterocycles. The van der Waals surface area contributed by atoms with Crippen molar-refractivity contribution in [3.05, 3.63) is 28.8 Å². The number of ether oxygens (including phenoxy) is 2. The number of hydrogen-bond acceptors (Lipinski definition) is 2. The molecule has 1 heterocycles. The summed E-state index contributed by atoms with van der Waals surface area (Å²) in [6.45, 7) is 0.884. The van der Waals surface area contributed by atoms with Gasteiger partial charge in [0, 0.05) is 0 Å². The fraction of sp³-hybridized carbons (Fsp3) is 0.400. The standard InChI is InChI=1S/C10H8ClF3O2/c11-8-3-6(10(12,13)14)1-2-9(8)16-7-4-15-5-7/h1-3,7H,4-5H2. The van der Waals surface area contributed by atoms with Crippen LogP contribution in [0.4, 0.5) is 13.2 Å². The molecule has 1 saturated heterocycles. The molecule has 0 unspecified atom stereocenters. The predicted octanol–water partition coefficient (Wildman–Crippen LogP) is 3.14. The van der Waals surface area contributed by atoms with Crippen molar-refractivity contribution < 1.29 is 22.6 Å². The normalized spacial score (nSPS) is 17.0. The minimum absolute atomic E-state index is 0.0401. The van der Waals surface area contributed by atoms with Crippen molar-refractivity contribution in [1.82, 2.24) is 0 Å². The molecule has 0 saturated carbocycles. The summed E-state index contributed by atoms with van der Waals surface area (Å²) in [5, 5.41) is -0.0401. The van der Waals surface area contributed by atoms with Crippen LogP contribution in [-0.4, -0.2) is 19.3 Å². The monoisotopic (exact) mass is 252 g/mol. The Kier molecular flexibility index (Phi) is 2.99. The molecule has 2 rings (SSSR count). The molecular weight excluding hydrogens is 245 g/mol. The predicted molar refractivity (Wildman–Crippen MR) is 51.7 cm³/mol. The summed E-state index contributed by atoms with van der Waals surface area (Å²) in [4.78, 5) is 0. The van der Waals surface area contributed by atoms with Crippen LogP contribution in [0.1, 0.15) is 5.56 Å². The van der Waals surface area contributed by atoms with E-state index in [-0.39, 0.29) is 16.9 Å². The molecule has 16 heavy (non-hydrogen) atoms. The van der Waals surface area contributed by atoms with Crippen LogP contribution < -0.4 is 4.74 Å². The molecule has 2 nitrogen and oxygen atoms in total. The van der Waals surface area contributed by atoms with E-state index in [2.05, 4.69) is 0 Å². The summed E-state index contributed by atoms with van der Waals surface area (Å²) in [7, 11) is 0. The highest BCUT2D eigenvalue weighted by atomic mass is 35.5. The molecule has 0 aromatic heterocycles. The van der Waals surface area contributed by atoms with Crippen LogP contribution in [0.15, 0.2) is 18.2 Å². The minimum Gasteiger partial charge on any atom is -0.484 e. The van der Waals surface area contributed by atoms with Gasteiger partial charge in [0.25, 0.3) is 0 Å². The Hall–Kier alpha value is -0.940. The van der Waals surface area contributed by atoms with Crippen molar-refractivity contribution in [3.8, 4) is 5.75 Å². The molecule has 0 radical (unpaired) electrons. The molecule has 0 amide bonds. The number of alkyl halides is 3. The molecule has 1 aromatic carbocycles. The highest BCUT2D eigenvalue weighted by Gasteiger charge is 2.31. The summed E-state index contributed by atoms with van der Waals surface area (Å²) in [6, 6.07) is 3.03. The lowest BCUT2D eigenvalue weighted by Crippen LogP contribution is -2.38. The van der Waals surface area contributed by atoms with E-state index in [1.54, 1.807) is 0 Å².